The molecule has 0 saturated heterocycles. The Labute approximate surface area is 130 Å². The number of carbonyl (C=O) groups is 3. The fourth-order valence-electron chi connectivity index (χ4n) is 1.29. The summed E-state index contributed by atoms with van der Waals surface area (Å²) in [5.41, 5.74) is -0.659. The van der Waals surface area contributed by atoms with Gasteiger partial charge in [-0.15, -0.1) is 6.58 Å². The Hall–Kier alpha value is -2.09. The number of alkyl carbamates (subject to hydrolysis) is 1. The van der Waals surface area contributed by atoms with Gasteiger partial charge in [-0.05, 0) is 20.8 Å². The van der Waals surface area contributed by atoms with Crippen molar-refractivity contribution in [3.63, 3.8) is 0 Å². The molecule has 8 heteroatoms. The molecule has 0 aromatic rings. The van der Waals surface area contributed by atoms with Gasteiger partial charge in [-0.1, -0.05) is 6.08 Å². The maximum Gasteiger partial charge on any atom is 0.408 e. The molecule has 8 nitrogen and oxygen atoms in total. The quantitative estimate of drug-likeness (QED) is 0.381. The summed E-state index contributed by atoms with van der Waals surface area (Å²) < 4.78 is 14.7. The Morgan fingerprint density at radius 2 is 1.91 bits per heavy atom. The van der Waals surface area contributed by atoms with Crippen molar-refractivity contribution in [2.45, 2.75) is 32.4 Å². The lowest BCUT2D eigenvalue weighted by Crippen LogP contribution is -2.48. The average molecular weight is 316 g/mol. The molecule has 1 atom stereocenters. The zero-order valence-electron chi connectivity index (χ0n) is 13.4. The largest absolute Gasteiger partial charge is 0.467 e. The molecule has 0 aromatic carbocycles. The number of amides is 2. The summed E-state index contributed by atoms with van der Waals surface area (Å²) in [4.78, 5) is 34.6. The van der Waals surface area contributed by atoms with Gasteiger partial charge in [-0.25, -0.2) is 9.59 Å². The Kier molecular flexibility index (Phi) is 8.85. The van der Waals surface area contributed by atoms with Crippen LogP contribution in [-0.4, -0.2) is 56.5 Å². The lowest BCUT2D eigenvalue weighted by atomic mass is 10.2. The van der Waals surface area contributed by atoms with Crippen LogP contribution in [0.1, 0.15) is 20.8 Å². The Morgan fingerprint density at radius 3 is 2.41 bits per heavy atom. The summed E-state index contributed by atoms with van der Waals surface area (Å²) in [5.74, 6) is -1.21. The summed E-state index contributed by atoms with van der Waals surface area (Å²) in [7, 11) is 1.20. The molecule has 0 spiro atoms. The molecule has 0 saturated carbocycles. The number of carbonyl (C=O) groups excluding carboxylic acids is 3. The van der Waals surface area contributed by atoms with Crippen molar-refractivity contribution in [3.8, 4) is 0 Å². The molecule has 0 aliphatic heterocycles. The van der Waals surface area contributed by atoms with E-state index in [1.54, 1.807) is 20.8 Å². The van der Waals surface area contributed by atoms with Crippen molar-refractivity contribution in [2.75, 3.05) is 26.9 Å². The molecule has 0 heterocycles. The molecule has 0 bridgehead atoms. The van der Waals surface area contributed by atoms with Crippen molar-refractivity contribution in [2.24, 2.45) is 0 Å². The van der Waals surface area contributed by atoms with Crippen molar-refractivity contribution in [1.82, 2.24) is 10.6 Å². The van der Waals surface area contributed by atoms with Crippen LogP contribution in [0.4, 0.5) is 4.79 Å². The molecule has 2 amide bonds. The highest BCUT2D eigenvalue weighted by Crippen LogP contribution is 2.06. The third kappa shape index (κ3) is 9.76. The predicted molar refractivity (Wildman–Crippen MR) is 79.2 cm³/mol. The first-order chi connectivity index (χ1) is 10.2. The second-order valence-corrected chi connectivity index (χ2v) is 5.32. The first kappa shape index (κ1) is 19.9. The zero-order chi connectivity index (χ0) is 17.2. The van der Waals surface area contributed by atoms with E-state index in [-0.39, 0.29) is 19.8 Å². The number of rotatable bonds is 8. The molecule has 0 rings (SSSR count). The molecule has 2 N–H and O–H groups in total. The van der Waals surface area contributed by atoms with E-state index >= 15 is 0 Å². The lowest BCUT2D eigenvalue weighted by Gasteiger charge is -2.20. The van der Waals surface area contributed by atoms with Gasteiger partial charge in [0.25, 0.3) is 0 Å². The number of ether oxygens (including phenoxy) is 3. The second-order valence-electron chi connectivity index (χ2n) is 5.32. The summed E-state index contributed by atoms with van der Waals surface area (Å²) >= 11 is 0. The zero-order valence-corrected chi connectivity index (χ0v) is 13.4. The minimum absolute atomic E-state index is 0.0587. The minimum atomic E-state index is -0.960. The van der Waals surface area contributed by atoms with E-state index in [9.17, 15) is 14.4 Å². The van der Waals surface area contributed by atoms with E-state index in [1.165, 1.54) is 13.2 Å². The topological polar surface area (TPSA) is 103 Å². The predicted octanol–water partition coefficient (Wildman–Crippen LogP) is 0.372. The molecular weight excluding hydrogens is 292 g/mol. The molecular formula is C14H24N2O6. The van der Waals surface area contributed by atoms with E-state index in [0.717, 1.165) is 0 Å². The third-order valence-corrected chi connectivity index (χ3v) is 2.13. The van der Waals surface area contributed by atoms with E-state index < -0.39 is 29.6 Å². The molecule has 22 heavy (non-hydrogen) atoms. The average Bonchev–Trinajstić information content (AvgIpc) is 2.41. The van der Waals surface area contributed by atoms with Crippen LogP contribution in [0.2, 0.25) is 0 Å². The van der Waals surface area contributed by atoms with Gasteiger partial charge < -0.3 is 24.8 Å². The SMILES string of the molecule is C=CCOCC(NC(=O)CNC(=O)OC(C)(C)C)C(=O)OC. The Bertz CT molecular complexity index is 403. The van der Waals surface area contributed by atoms with Gasteiger partial charge in [0.05, 0.1) is 20.3 Å². The smallest absolute Gasteiger partial charge is 0.408 e. The van der Waals surface area contributed by atoms with Crippen LogP contribution < -0.4 is 10.6 Å². The van der Waals surface area contributed by atoms with Crippen molar-refractivity contribution in [1.29, 1.82) is 0 Å². The monoisotopic (exact) mass is 316 g/mol. The highest BCUT2D eigenvalue weighted by Gasteiger charge is 2.22. The van der Waals surface area contributed by atoms with Gasteiger partial charge in [-0.2, -0.15) is 0 Å². The number of methoxy groups -OCH3 is 1. The van der Waals surface area contributed by atoms with Crippen LogP contribution in [0.3, 0.4) is 0 Å². The van der Waals surface area contributed by atoms with Crippen LogP contribution in [0.15, 0.2) is 12.7 Å². The summed E-state index contributed by atoms with van der Waals surface area (Å²) in [6, 6.07) is -0.960. The molecule has 1 unspecified atom stereocenters. The number of nitrogens with one attached hydrogen (secondary N) is 2. The van der Waals surface area contributed by atoms with Gasteiger partial charge in [0.2, 0.25) is 5.91 Å². The summed E-state index contributed by atoms with van der Waals surface area (Å²) in [6.45, 7) is 8.43. The van der Waals surface area contributed by atoms with Crippen LogP contribution in [0.25, 0.3) is 0 Å². The van der Waals surface area contributed by atoms with Crippen LogP contribution in [0.5, 0.6) is 0 Å². The summed E-state index contributed by atoms with van der Waals surface area (Å²) in [6.07, 6.45) is 0.792. The first-order valence-electron chi connectivity index (χ1n) is 6.72. The molecule has 0 aliphatic rings. The third-order valence-electron chi connectivity index (χ3n) is 2.13. The fraction of sp³-hybridized carbons (Fsp3) is 0.643. The number of hydrogen-bond acceptors (Lipinski definition) is 6. The van der Waals surface area contributed by atoms with Crippen molar-refractivity contribution in [3.05, 3.63) is 12.7 Å². The molecule has 0 radical (unpaired) electrons. The van der Waals surface area contributed by atoms with Crippen LogP contribution >= 0.6 is 0 Å². The van der Waals surface area contributed by atoms with Gasteiger partial charge >= 0.3 is 12.1 Å². The Morgan fingerprint density at radius 1 is 1.27 bits per heavy atom. The molecule has 126 valence electrons. The van der Waals surface area contributed by atoms with E-state index in [4.69, 9.17) is 9.47 Å². The minimum Gasteiger partial charge on any atom is -0.467 e. The number of hydrogen-bond donors (Lipinski definition) is 2. The van der Waals surface area contributed by atoms with E-state index in [2.05, 4.69) is 21.9 Å². The van der Waals surface area contributed by atoms with Crippen LogP contribution in [-0.2, 0) is 23.8 Å². The second kappa shape index (κ2) is 9.78. The summed E-state index contributed by atoms with van der Waals surface area (Å²) in [5, 5.41) is 4.69. The Balaban J connectivity index is 4.29. The van der Waals surface area contributed by atoms with E-state index in [0.29, 0.717) is 0 Å². The normalized spacial score (nSPS) is 12.0. The molecule has 0 aromatic heterocycles. The molecule has 0 fully saturated rings. The number of esters is 1. The van der Waals surface area contributed by atoms with Gasteiger partial charge in [0, 0.05) is 0 Å². The highest BCUT2D eigenvalue weighted by molar-refractivity contribution is 5.87. The van der Waals surface area contributed by atoms with Gasteiger partial charge in [0.1, 0.15) is 12.1 Å². The fourth-order valence-corrected chi connectivity index (χ4v) is 1.29. The first-order valence-corrected chi connectivity index (χ1v) is 6.72. The molecule has 0 aliphatic carbocycles. The van der Waals surface area contributed by atoms with Gasteiger partial charge in [-0.3, -0.25) is 4.79 Å². The van der Waals surface area contributed by atoms with E-state index in [1.807, 2.05) is 0 Å². The van der Waals surface area contributed by atoms with Crippen molar-refractivity contribution >= 4 is 18.0 Å². The lowest BCUT2D eigenvalue weighted by molar-refractivity contribution is -0.146. The van der Waals surface area contributed by atoms with Gasteiger partial charge in [0.15, 0.2) is 6.04 Å². The maximum atomic E-state index is 11.7. The standard InChI is InChI=1S/C14H24N2O6/c1-6-7-21-9-10(12(18)20-5)16-11(17)8-15-13(19)22-14(2,3)4/h6,10H,1,7-9H2,2-5H3,(H,15,19)(H,16,17). The van der Waals surface area contributed by atoms with Crippen LogP contribution in [0, 0.1) is 0 Å². The van der Waals surface area contributed by atoms with Crippen molar-refractivity contribution < 1.29 is 28.6 Å². The maximum absolute atomic E-state index is 11.7. The highest BCUT2D eigenvalue weighted by atomic mass is 16.6.